The van der Waals surface area contributed by atoms with Crippen LogP contribution in [0.2, 0.25) is 5.02 Å². The van der Waals surface area contributed by atoms with E-state index in [0.717, 1.165) is 16.0 Å². The lowest BCUT2D eigenvalue weighted by Gasteiger charge is -2.36. The van der Waals surface area contributed by atoms with Crippen LogP contribution >= 0.6 is 11.6 Å². The predicted molar refractivity (Wildman–Crippen MR) is 91.6 cm³/mol. The zero-order valence-electron chi connectivity index (χ0n) is 13.4. The van der Waals surface area contributed by atoms with Gasteiger partial charge >= 0.3 is 6.18 Å². The summed E-state index contributed by atoms with van der Waals surface area (Å²) in [4.78, 5) is 13.5. The van der Waals surface area contributed by atoms with Crippen LogP contribution in [0.4, 0.5) is 13.2 Å². The standard InChI is InChI=1S/C19H17ClF3NO/c20-16-5-3-4-15(12-16)13-7-9-14(10-8-13)18(25)24-11-2-1-6-17(24)19(21,22)23/h3-5,7-10,12,17H,1-2,6,11H2. The zero-order chi connectivity index (χ0) is 18.0. The minimum absolute atomic E-state index is 0.0319. The number of halogens is 4. The quantitative estimate of drug-likeness (QED) is 0.680. The average molecular weight is 368 g/mol. The number of hydrogen-bond donors (Lipinski definition) is 0. The lowest BCUT2D eigenvalue weighted by molar-refractivity contribution is -0.183. The summed E-state index contributed by atoms with van der Waals surface area (Å²) < 4.78 is 39.6. The van der Waals surface area contributed by atoms with Crippen LogP contribution in [0.5, 0.6) is 0 Å². The number of piperidine rings is 1. The highest BCUT2D eigenvalue weighted by Gasteiger charge is 2.46. The van der Waals surface area contributed by atoms with Crippen molar-refractivity contribution < 1.29 is 18.0 Å². The summed E-state index contributed by atoms with van der Waals surface area (Å²) in [7, 11) is 0. The molecule has 1 fully saturated rings. The number of amides is 1. The third-order valence-corrected chi connectivity index (χ3v) is 4.67. The van der Waals surface area contributed by atoms with Gasteiger partial charge in [-0.2, -0.15) is 13.2 Å². The van der Waals surface area contributed by atoms with Crippen molar-refractivity contribution in [2.75, 3.05) is 6.54 Å². The fraction of sp³-hybridized carbons (Fsp3) is 0.316. The molecule has 0 bridgehead atoms. The summed E-state index contributed by atoms with van der Waals surface area (Å²) in [6.45, 7) is 0.138. The Morgan fingerprint density at radius 3 is 2.40 bits per heavy atom. The molecule has 1 amide bonds. The molecule has 1 unspecified atom stereocenters. The molecular weight excluding hydrogens is 351 g/mol. The Balaban J connectivity index is 1.82. The smallest absolute Gasteiger partial charge is 0.327 e. The number of carbonyl (C=O) groups is 1. The molecule has 132 valence electrons. The third-order valence-electron chi connectivity index (χ3n) is 4.43. The van der Waals surface area contributed by atoms with Crippen LogP contribution in [0.1, 0.15) is 29.6 Å². The first-order valence-electron chi connectivity index (χ1n) is 8.10. The minimum atomic E-state index is -4.39. The maximum absolute atomic E-state index is 13.2. The Labute approximate surface area is 149 Å². The molecule has 0 N–H and O–H groups in total. The van der Waals surface area contributed by atoms with Crippen molar-refractivity contribution in [3.05, 3.63) is 59.1 Å². The second kappa shape index (κ2) is 7.08. The number of likely N-dealkylation sites (tertiary alicyclic amines) is 1. The Bertz CT molecular complexity index is 758. The van der Waals surface area contributed by atoms with Crippen LogP contribution < -0.4 is 0 Å². The lowest BCUT2D eigenvalue weighted by Crippen LogP contribution is -2.51. The largest absolute Gasteiger partial charge is 0.408 e. The van der Waals surface area contributed by atoms with E-state index >= 15 is 0 Å². The molecular formula is C19H17ClF3NO. The predicted octanol–water partition coefficient (Wildman–Crippen LogP) is 5.56. The molecule has 2 nitrogen and oxygen atoms in total. The molecule has 0 saturated carbocycles. The van der Waals surface area contributed by atoms with Crippen molar-refractivity contribution in [3.8, 4) is 11.1 Å². The minimum Gasteiger partial charge on any atom is -0.327 e. The second-order valence-electron chi connectivity index (χ2n) is 6.14. The SMILES string of the molecule is O=C(c1ccc(-c2cccc(Cl)c2)cc1)N1CCCCC1C(F)(F)F. The number of benzene rings is 2. The number of hydrogen-bond acceptors (Lipinski definition) is 1. The molecule has 6 heteroatoms. The van der Waals surface area contributed by atoms with E-state index in [1.807, 2.05) is 12.1 Å². The van der Waals surface area contributed by atoms with Crippen LogP contribution in [-0.4, -0.2) is 29.6 Å². The first kappa shape index (κ1) is 17.8. The van der Waals surface area contributed by atoms with Crippen LogP contribution in [0.15, 0.2) is 48.5 Å². The van der Waals surface area contributed by atoms with E-state index in [9.17, 15) is 18.0 Å². The highest BCUT2D eigenvalue weighted by molar-refractivity contribution is 6.30. The van der Waals surface area contributed by atoms with Crippen molar-refractivity contribution in [3.63, 3.8) is 0 Å². The lowest BCUT2D eigenvalue weighted by atomic mass is 9.99. The summed E-state index contributed by atoms with van der Waals surface area (Å²) in [5, 5.41) is 0.596. The summed E-state index contributed by atoms with van der Waals surface area (Å²) in [6.07, 6.45) is -3.34. The molecule has 0 aromatic heterocycles. The maximum atomic E-state index is 13.2. The van der Waals surface area contributed by atoms with E-state index in [1.54, 1.807) is 36.4 Å². The molecule has 0 aliphatic carbocycles. The topological polar surface area (TPSA) is 20.3 Å². The Hall–Kier alpha value is -2.01. The molecule has 2 aromatic carbocycles. The van der Waals surface area contributed by atoms with Gasteiger partial charge in [-0.05, 0) is 54.7 Å². The van der Waals surface area contributed by atoms with Crippen LogP contribution in [0, 0.1) is 0 Å². The highest BCUT2D eigenvalue weighted by Crippen LogP contribution is 2.33. The van der Waals surface area contributed by atoms with Gasteiger partial charge in [-0.1, -0.05) is 35.9 Å². The van der Waals surface area contributed by atoms with E-state index in [2.05, 4.69) is 0 Å². The van der Waals surface area contributed by atoms with Gasteiger partial charge in [-0.15, -0.1) is 0 Å². The Morgan fingerprint density at radius 2 is 1.76 bits per heavy atom. The summed E-state index contributed by atoms with van der Waals surface area (Å²) in [6, 6.07) is 12.2. The van der Waals surface area contributed by atoms with E-state index in [1.165, 1.54) is 0 Å². The molecule has 3 rings (SSSR count). The fourth-order valence-electron chi connectivity index (χ4n) is 3.15. The summed E-state index contributed by atoms with van der Waals surface area (Å²) >= 11 is 5.97. The van der Waals surface area contributed by atoms with E-state index in [-0.39, 0.29) is 18.5 Å². The van der Waals surface area contributed by atoms with Crippen LogP contribution in [0.3, 0.4) is 0 Å². The maximum Gasteiger partial charge on any atom is 0.408 e. The summed E-state index contributed by atoms with van der Waals surface area (Å²) in [5.74, 6) is -0.570. The average Bonchev–Trinajstić information content (AvgIpc) is 2.60. The van der Waals surface area contributed by atoms with E-state index in [0.29, 0.717) is 17.9 Å². The third kappa shape index (κ3) is 3.98. The normalized spacial score (nSPS) is 18.2. The summed E-state index contributed by atoms with van der Waals surface area (Å²) in [5.41, 5.74) is 2.00. The van der Waals surface area contributed by atoms with Gasteiger partial charge in [-0.25, -0.2) is 0 Å². The van der Waals surface area contributed by atoms with Crippen LogP contribution in [0.25, 0.3) is 11.1 Å². The second-order valence-corrected chi connectivity index (χ2v) is 6.58. The van der Waals surface area contributed by atoms with Crippen molar-refractivity contribution in [1.82, 2.24) is 4.90 Å². The van der Waals surface area contributed by atoms with Crippen molar-refractivity contribution in [1.29, 1.82) is 0 Å². The zero-order valence-corrected chi connectivity index (χ0v) is 14.1. The van der Waals surface area contributed by atoms with Crippen molar-refractivity contribution >= 4 is 17.5 Å². The van der Waals surface area contributed by atoms with Crippen molar-refractivity contribution in [2.24, 2.45) is 0 Å². The van der Waals surface area contributed by atoms with Gasteiger partial charge in [0.25, 0.3) is 5.91 Å². The van der Waals surface area contributed by atoms with E-state index < -0.39 is 18.1 Å². The van der Waals surface area contributed by atoms with Gasteiger partial charge in [-0.3, -0.25) is 4.79 Å². The number of nitrogens with zero attached hydrogens (tertiary/aromatic N) is 1. The number of carbonyl (C=O) groups excluding carboxylic acids is 1. The number of alkyl halides is 3. The Kier molecular flexibility index (Phi) is 5.04. The van der Waals surface area contributed by atoms with Gasteiger partial charge in [0.1, 0.15) is 6.04 Å². The molecule has 1 saturated heterocycles. The first-order valence-corrected chi connectivity index (χ1v) is 8.48. The monoisotopic (exact) mass is 367 g/mol. The van der Waals surface area contributed by atoms with Gasteiger partial charge in [0.2, 0.25) is 0 Å². The van der Waals surface area contributed by atoms with Crippen LogP contribution in [-0.2, 0) is 0 Å². The molecule has 2 aromatic rings. The van der Waals surface area contributed by atoms with Gasteiger partial charge in [0.05, 0.1) is 0 Å². The highest BCUT2D eigenvalue weighted by atomic mass is 35.5. The van der Waals surface area contributed by atoms with Gasteiger partial charge in [0, 0.05) is 17.1 Å². The van der Waals surface area contributed by atoms with Gasteiger partial charge < -0.3 is 4.90 Å². The fourth-order valence-corrected chi connectivity index (χ4v) is 3.34. The number of rotatable bonds is 2. The molecule has 1 heterocycles. The Morgan fingerprint density at radius 1 is 1.04 bits per heavy atom. The van der Waals surface area contributed by atoms with Gasteiger partial charge in [0.15, 0.2) is 0 Å². The molecule has 1 aliphatic rings. The molecule has 1 aliphatic heterocycles. The molecule has 0 spiro atoms. The van der Waals surface area contributed by atoms with Crippen molar-refractivity contribution in [2.45, 2.75) is 31.5 Å². The molecule has 0 radical (unpaired) electrons. The molecule has 1 atom stereocenters. The van der Waals surface area contributed by atoms with E-state index in [4.69, 9.17) is 11.6 Å². The first-order chi connectivity index (χ1) is 11.9. The molecule has 25 heavy (non-hydrogen) atoms.